The van der Waals surface area contributed by atoms with E-state index in [1.54, 1.807) is 0 Å². The Morgan fingerprint density at radius 1 is 1.14 bits per heavy atom. The maximum atomic E-state index is 10.4. The average molecular weight is 391 g/mol. The molecule has 2 atom stereocenters. The number of likely N-dealkylation sites (tertiary alicyclic amines) is 1. The van der Waals surface area contributed by atoms with Crippen molar-refractivity contribution in [3.05, 3.63) is 53.6 Å². The number of aliphatic imine (C=N–C) groups is 1. The van der Waals surface area contributed by atoms with E-state index in [2.05, 4.69) is 48.0 Å². The summed E-state index contributed by atoms with van der Waals surface area (Å²) in [4.78, 5) is 10.3. The molecule has 1 saturated heterocycles. The second-order valence-electron chi connectivity index (χ2n) is 8.66. The van der Waals surface area contributed by atoms with E-state index in [0.29, 0.717) is 11.3 Å². The van der Waals surface area contributed by atoms with E-state index in [1.165, 1.54) is 25.1 Å². The molecule has 3 aromatic rings. The number of nitrogens with one attached hydrogen (secondary N) is 1. The number of fused-ring (bicyclic) bond motifs is 1. The van der Waals surface area contributed by atoms with Gasteiger partial charge < -0.3 is 15.8 Å². The highest BCUT2D eigenvalue weighted by Crippen LogP contribution is 2.30. The highest BCUT2D eigenvalue weighted by atomic mass is 16.3. The highest BCUT2D eigenvalue weighted by molar-refractivity contribution is 6.13. The molecule has 1 aromatic heterocycles. The summed E-state index contributed by atoms with van der Waals surface area (Å²) in [6.45, 7) is 9.93. The first-order valence-electron chi connectivity index (χ1n) is 10.4. The first-order valence-corrected chi connectivity index (χ1v) is 10.4. The Balaban J connectivity index is 1.53. The maximum absolute atomic E-state index is 10.4. The third-order valence-corrected chi connectivity index (χ3v) is 5.75. The number of nitrogens with zero attached hydrogens (tertiary/aromatic N) is 2. The Labute approximate surface area is 172 Å². The second-order valence-corrected chi connectivity index (χ2v) is 8.66. The van der Waals surface area contributed by atoms with Gasteiger partial charge in [-0.2, -0.15) is 0 Å². The number of nitrogens with two attached hydrogens (primary N) is 1. The van der Waals surface area contributed by atoms with Crippen molar-refractivity contribution in [3.63, 3.8) is 0 Å². The molecule has 5 heteroatoms. The van der Waals surface area contributed by atoms with Gasteiger partial charge in [0.25, 0.3) is 0 Å². The van der Waals surface area contributed by atoms with E-state index < -0.39 is 0 Å². The standard InChI is InChI=1S/C24H30N4O/c1-15-10-16(2)13-28(12-15)14-18-4-7-20(8-5-18)26-17(3)23-21-11-19(25)6-9-22(21)27-24(23)29/h4-9,11,15-16,27,29H,10,12-14,25H2,1-3H3. The van der Waals surface area contributed by atoms with Crippen LogP contribution in [0.5, 0.6) is 5.88 Å². The molecule has 5 nitrogen and oxygen atoms in total. The molecule has 1 fully saturated rings. The predicted octanol–water partition coefficient (Wildman–Crippen LogP) is 5.07. The van der Waals surface area contributed by atoms with Gasteiger partial charge in [-0.3, -0.25) is 9.89 Å². The number of anilines is 1. The lowest BCUT2D eigenvalue weighted by atomic mass is 9.91. The van der Waals surface area contributed by atoms with Gasteiger partial charge in [-0.15, -0.1) is 0 Å². The molecule has 0 bridgehead atoms. The van der Waals surface area contributed by atoms with Gasteiger partial charge in [-0.05, 0) is 61.1 Å². The number of hydrogen-bond donors (Lipinski definition) is 3. The molecule has 4 rings (SSSR count). The van der Waals surface area contributed by atoms with Crippen LogP contribution in [0.3, 0.4) is 0 Å². The predicted molar refractivity (Wildman–Crippen MR) is 121 cm³/mol. The summed E-state index contributed by atoms with van der Waals surface area (Å²) in [6.07, 6.45) is 1.33. The van der Waals surface area contributed by atoms with Crippen molar-refractivity contribution in [2.24, 2.45) is 16.8 Å². The smallest absolute Gasteiger partial charge is 0.198 e. The summed E-state index contributed by atoms with van der Waals surface area (Å²) in [6, 6.07) is 14.0. The van der Waals surface area contributed by atoms with Crippen LogP contribution in [0.4, 0.5) is 11.4 Å². The summed E-state index contributed by atoms with van der Waals surface area (Å²) < 4.78 is 0. The van der Waals surface area contributed by atoms with E-state index >= 15 is 0 Å². The molecule has 4 N–H and O–H groups in total. The zero-order chi connectivity index (χ0) is 20.5. The maximum Gasteiger partial charge on any atom is 0.198 e. The zero-order valence-corrected chi connectivity index (χ0v) is 17.4. The fourth-order valence-corrected chi connectivity index (χ4v) is 4.67. The number of H-pyrrole nitrogens is 1. The van der Waals surface area contributed by atoms with Crippen molar-refractivity contribution in [1.82, 2.24) is 9.88 Å². The first kappa shape index (κ1) is 19.5. The molecule has 2 aromatic carbocycles. The number of aromatic nitrogens is 1. The Bertz CT molecular complexity index is 1020. The summed E-state index contributed by atoms with van der Waals surface area (Å²) in [5.74, 6) is 1.66. The quantitative estimate of drug-likeness (QED) is 0.430. The zero-order valence-electron chi connectivity index (χ0n) is 17.4. The van der Waals surface area contributed by atoms with Crippen molar-refractivity contribution in [3.8, 4) is 5.88 Å². The van der Waals surface area contributed by atoms with Crippen molar-refractivity contribution in [2.45, 2.75) is 33.7 Å². The second kappa shape index (κ2) is 7.91. The van der Waals surface area contributed by atoms with Crippen LogP contribution in [-0.4, -0.2) is 33.8 Å². The van der Waals surface area contributed by atoms with E-state index in [1.807, 2.05) is 25.1 Å². The van der Waals surface area contributed by atoms with Crippen molar-refractivity contribution >= 4 is 28.0 Å². The molecule has 0 saturated carbocycles. The molecule has 2 heterocycles. The van der Waals surface area contributed by atoms with Gasteiger partial charge in [0.05, 0.1) is 17.0 Å². The molecule has 0 radical (unpaired) electrons. The molecule has 0 amide bonds. The van der Waals surface area contributed by atoms with Crippen LogP contribution in [0.2, 0.25) is 0 Å². The molecule has 1 aliphatic heterocycles. The number of rotatable bonds is 4. The minimum Gasteiger partial charge on any atom is -0.494 e. The van der Waals surface area contributed by atoms with E-state index in [4.69, 9.17) is 10.7 Å². The summed E-state index contributed by atoms with van der Waals surface area (Å²) >= 11 is 0. The Hall–Kier alpha value is -2.79. The molecule has 0 spiro atoms. The third-order valence-electron chi connectivity index (χ3n) is 5.75. The Morgan fingerprint density at radius 2 is 1.83 bits per heavy atom. The highest BCUT2D eigenvalue weighted by Gasteiger charge is 2.21. The fraction of sp³-hybridized carbons (Fsp3) is 0.375. The van der Waals surface area contributed by atoms with Crippen molar-refractivity contribution in [1.29, 1.82) is 0 Å². The Morgan fingerprint density at radius 3 is 2.52 bits per heavy atom. The normalized spacial score (nSPS) is 21.0. The molecule has 1 aliphatic rings. The van der Waals surface area contributed by atoms with Gasteiger partial charge in [0.15, 0.2) is 5.88 Å². The van der Waals surface area contributed by atoms with E-state index in [-0.39, 0.29) is 5.88 Å². The molecular formula is C24H30N4O. The molecule has 2 unspecified atom stereocenters. The lowest BCUT2D eigenvalue weighted by molar-refractivity contribution is 0.134. The van der Waals surface area contributed by atoms with E-state index in [9.17, 15) is 5.11 Å². The average Bonchev–Trinajstić information content (AvgIpc) is 2.97. The third kappa shape index (κ3) is 4.30. The number of benzene rings is 2. The van der Waals surface area contributed by atoms with Crippen LogP contribution >= 0.6 is 0 Å². The fourth-order valence-electron chi connectivity index (χ4n) is 4.67. The van der Waals surface area contributed by atoms with Crippen LogP contribution in [0.25, 0.3) is 10.9 Å². The molecule has 0 aliphatic carbocycles. The molecular weight excluding hydrogens is 360 g/mol. The topological polar surface area (TPSA) is 77.6 Å². The van der Waals surface area contributed by atoms with Crippen LogP contribution in [-0.2, 0) is 6.54 Å². The van der Waals surface area contributed by atoms with Crippen LogP contribution in [0.15, 0.2) is 47.5 Å². The monoisotopic (exact) mass is 390 g/mol. The molecule has 29 heavy (non-hydrogen) atoms. The van der Waals surface area contributed by atoms with Gasteiger partial charge in [-0.25, -0.2) is 0 Å². The van der Waals surface area contributed by atoms with Crippen LogP contribution in [0.1, 0.15) is 38.3 Å². The summed E-state index contributed by atoms with van der Waals surface area (Å²) in [5, 5.41) is 11.2. The SMILES string of the molecule is CC(=Nc1ccc(CN2CC(C)CC(C)C2)cc1)c1c(O)[nH]c2ccc(N)cc12. The first-order chi connectivity index (χ1) is 13.9. The number of hydrogen-bond acceptors (Lipinski definition) is 4. The lowest BCUT2D eigenvalue weighted by Crippen LogP contribution is -2.38. The van der Waals surface area contributed by atoms with Crippen LogP contribution in [0, 0.1) is 11.8 Å². The minimum absolute atomic E-state index is 0.122. The van der Waals surface area contributed by atoms with Gasteiger partial charge in [0.1, 0.15) is 0 Å². The summed E-state index contributed by atoms with van der Waals surface area (Å²) in [7, 11) is 0. The lowest BCUT2D eigenvalue weighted by Gasteiger charge is -2.35. The van der Waals surface area contributed by atoms with E-state index in [0.717, 1.165) is 40.7 Å². The minimum atomic E-state index is 0.122. The van der Waals surface area contributed by atoms with Gasteiger partial charge in [0, 0.05) is 36.2 Å². The van der Waals surface area contributed by atoms with Gasteiger partial charge in [-0.1, -0.05) is 26.0 Å². The summed E-state index contributed by atoms with van der Waals surface area (Å²) in [5.41, 5.74) is 11.1. The van der Waals surface area contributed by atoms with Crippen molar-refractivity contribution < 1.29 is 5.11 Å². The van der Waals surface area contributed by atoms with Gasteiger partial charge >= 0.3 is 0 Å². The number of piperidine rings is 1. The Kier molecular flexibility index (Phi) is 5.33. The number of aromatic amines is 1. The van der Waals surface area contributed by atoms with Crippen LogP contribution < -0.4 is 5.73 Å². The largest absolute Gasteiger partial charge is 0.494 e. The van der Waals surface area contributed by atoms with Crippen molar-refractivity contribution in [2.75, 3.05) is 18.8 Å². The number of nitrogen functional groups attached to an aromatic ring is 1. The number of aromatic hydroxyl groups is 1. The molecule has 152 valence electrons. The van der Waals surface area contributed by atoms with Gasteiger partial charge in [0.2, 0.25) is 0 Å².